The highest BCUT2D eigenvalue weighted by Gasteiger charge is 2.35. The van der Waals surface area contributed by atoms with Crippen LogP contribution in [0.15, 0.2) is 77.7 Å². The van der Waals surface area contributed by atoms with E-state index >= 15 is 0 Å². The van der Waals surface area contributed by atoms with Gasteiger partial charge in [0.15, 0.2) is 0 Å². The van der Waals surface area contributed by atoms with Crippen molar-refractivity contribution in [2.45, 2.75) is 37.2 Å². The van der Waals surface area contributed by atoms with Gasteiger partial charge in [0.1, 0.15) is 11.9 Å². The van der Waals surface area contributed by atoms with Gasteiger partial charge < -0.3 is 5.11 Å². The zero-order valence-corrected chi connectivity index (χ0v) is 20.3. The predicted octanol–water partition coefficient (Wildman–Crippen LogP) is 4.44. The Morgan fingerprint density at radius 2 is 1.83 bits per heavy atom. The van der Waals surface area contributed by atoms with E-state index in [1.807, 2.05) is 30.3 Å². The topological polar surface area (TPSA) is 86.7 Å². The van der Waals surface area contributed by atoms with Crippen LogP contribution in [0.25, 0.3) is 11.1 Å². The van der Waals surface area contributed by atoms with Gasteiger partial charge >= 0.3 is 5.97 Å². The molecule has 0 saturated carbocycles. The van der Waals surface area contributed by atoms with Gasteiger partial charge in [-0.3, -0.25) is 9.69 Å². The minimum atomic E-state index is -4.12. The van der Waals surface area contributed by atoms with Gasteiger partial charge in [0, 0.05) is 13.1 Å². The number of rotatable bonds is 8. The smallest absolute Gasteiger partial charge is 0.322 e. The molecule has 0 amide bonds. The Labute approximate surface area is 205 Å². The standard InChI is InChI=1S/C27H29FN2O4S/c1-19-15-24(12-13-25(19)28)35(33,34)29-26(27(31)32)23-11-6-14-30(18-23)17-20-7-5-10-22(16-20)21-8-3-2-4-9-21/h2-5,7-10,12-13,15-16,23,26,29H,6,11,14,17-18H2,1H3,(H,31,32). The van der Waals surface area contributed by atoms with Crippen LogP contribution in [0.5, 0.6) is 0 Å². The van der Waals surface area contributed by atoms with Crippen LogP contribution in [0.2, 0.25) is 0 Å². The Bertz CT molecular complexity index is 1300. The van der Waals surface area contributed by atoms with E-state index in [9.17, 15) is 22.7 Å². The lowest BCUT2D eigenvalue weighted by molar-refractivity contribution is -0.141. The third-order valence-electron chi connectivity index (χ3n) is 6.44. The normalized spacial score (nSPS) is 17.7. The number of aryl methyl sites for hydroxylation is 1. The number of carbonyl (C=O) groups is 1. The van der Waals surface area contributed by atoms with Crippen molar-refractivity contribution in [3.63, 3.8) is 0 Å². The summed E-state index contributed by atoms with van der Waals surface area (Å²) in [4.78, 5) is 14.1. The molecule has 0 aromatic heterocycles. The average molecular weight is 497 g/mol. The summed E-state index contributed by atoms with van der Waals surface area (Å²) in [5, 5.41) is 9.87. The molecule has 1 aliphatic heterocycles. The summed E-state index contributed by atoms with van der Waals surface area (Å²) >= 11 is 0. The van der Waals surface area contributed by atoms with Crippen LogP contribution in [-0.4, -0.2) is 43.5 Å². The molecule has 6 nitrogen and oxygen atoms in total. The molecule has 3 aromatic carbocycles. The molecule has 4 rings (SSSR count). The molecule has 1 aliphatic rings. The molecule has 1 heterocycles. The fourth-order valence-electron chi connectivity index (χ4n) is 4.61. The molecule has 0 radical (unpaired) electrons. The van der Waals surface area contributed by atoms with Crippen LogP contribution < -0.4 is 4.72 Å². The molecule has 0 bridgehead atoms. The summed E-state index contributed by atoms with van der Waals surface area (Å²) in [7, 11) is -4.12. The second kappa shape index (κ2) is 10.7. The molecular weight excluding hydrogens is 467 g/mol. The Morgan fingerprint density at radius 3 is 2.54 bits per heavy atom. The third-order valence-corrected chi connectivity index (χ3v) is 7.88. The van der Waals surface area contributed by atoms with Crippen LogP contribution in [0.4, 0.5) is 4.39 Å². The molecule has 2 unspecified atom stereocenters. The van der Waals surface area contributed by atoms with Crippen LogP contribution in [0, 0.1) is 18.7 Å². The molecular formula is C27H29FN2O4S. The number of sulfonamides is 1. The molecule has 1 fully saturated rings. The van der Waals surface area contributed by atoms with Gasteiger partial charge in [0.05, 0.1) is 4.90 Å². The zero-order chi connectivity index (χ0) is 25.0. The maximum absolute atomic E-state index is 13.6. The SMILES string of the molecule is Cc1cc(S(=O)(=O)NC(C(=O)O)C2CCCN(Cc3cccc(-c4ccccc4)c3)C2)ccc1F. The van der Waals surface area contributed by atoms with Crippen molar-refractivity contribution < 1.29 is 22.7 Å². The first-order valence-corrected chi connectivity index (χ1v) is 13.1. The van der Waals surface area contributed by atoms with Crippen molar-refractivity contribution in [3.8, 4) is 11.1 Å². The van der Waals surface area contributed by atoms with Gasteiger partial charge in [-0.05, 0) is 78.7 Å². The molecule has 184 valence electrons. The van der Waals surface area contributed by atoms with Crippen LogP contribution in [0.1, 0.15) is 24.0 Å². The Balaban J connectivity index is 1.47. The van der Waals surface area contributed by atoms with Gasteiger partial charge in [-0.2, -0.15) is 4.72 Å². The number of halogens is 1. The lowest BCUT2D eigenvalue weighted by Crippen LogP contribution is -2.51. The molecule has 3 aromatic rings. The van der Waals surface area contributed by atoms with Gasteiger partial charge in [0.2, 0.25) is 10.0 Å². The fraction of sp³-hybridized carbons (Fsp3) is 0.296. The highest BCUT2D eigenvalue weighted by molar-refractivity contribution is 7.89. The average Bonchev–Trinajstić information content (AvgIpc) is 2.85. The molecule has 0 aliphatic carbocycles. The second-order valence-corrected chi connectivity index (χ2v) is 10.8. The molecule has 35 heavy (non-hydrogen) atoms. The number of aliphatic carboxylic acids is 1. The van der Waals surface area contributed by atoms with E-state index in [4.69, 9.17) is 0 Å². The first kappa shape index (κ1) is 25.0. The lowest BCUT2D eigenvalue weighted by atomic mass is 9.91. The van der Waals surface area contributed by atoms with Crippen molar-refractivity contribution in [1.29, 1.82) is 0 Å². The van der Waals surface area contributed by atoms with Crippen molar-refractivity contribution >= 4 is 16.0 Å². The van der Waals surface area contributed by atoms with Crippen molar-refractivity contribution in [2.24, 2.45) is 5.92 Å². The molecule has 8 heteroatoms. The van der Waals surface area contributed by atoms with Crippen LogP contribution >= 0.6 is 0 Å². The number of carboxylic acids is 1. The summed E-state index contributed by atoms with van der Waals surface area (Å²) < 4.78 is 41.7. The minimum absolute atomic E-state index is 0.145. The maximum Gasteiger partial charge on any atom is 0.322 e. The van der Waals surface area contributed by atoms with E-state index in [-0.39, 0.29) is 10.5 Å². The zero-order valence-electron chi connectivity index (χ0n) is 19.5. The lowest BCUT2D eigenvalue weighted by Gasteiger charge is -2.35. The number of nitrogens with zero attached hydrogens (tertiary/aromatic N) is 1. The summed E-state index contributed by atoms with van der Waals surface area (Å²) in [5.74, 6) is -2.13. The van der Waals surface area contributed by atoms with Crippen molar-refractivity contribution in [2.75, 3.05) is 13.1 Å². The highest BCUT2D eigenvalue weighted by Crippen LogP contribution is 2.25. The minimum Gasteiger partial charge on any atom is -0.480 e. The second-order valence-electron chi connectivity index (χ2n) is 9.05. The van der Waals surface area contributed by atoms with Crippen LogP contribution in [0.3, 0.4) is 0 Å². The first-order chi connectivity index (χ1) is 16.7. The molecule has 1 saturated heterocycles. The van der Waals surface area contributed by atoms with E-state index in [2.05, 4.69) is 33.9 Å². The number of likely N-dealkylation sites (tertiary alicyclic amines) is 1. The molecule has 2 atom stereocenters. The number of benzene rings is 3. The third kappa shape index (κ3) is 6.14. The summed E-state index contributed by atoms with van der Waals surface area (Å²) in [6.45, 7) is 3.38. The summed E-state index contributed by atoms with van der Waals surface area (Å²) in [6, 6.07) is 20.5. The number of hydrogen-bond donors (Lipinski definition) is 2. The highest BCUT2D eigenvalue weighted by atomic mass is 32.2. The number of piperidine rings is 1. The monoisotopic (exact) mass is 496 g/mol. The molecule has 0 spiro atoms. The van der Waals surface area contributed by atoms with E-state index in [1.165, 1.54) is 13.0 Å². The van der Waals surface area contributed by atoms with E-state index in [0.29, 0.717) is 19.5 Å². The Hall–Kier alpha value is -3.07. The van der Waals surface area contributed by atoms with Crippen LogP contribution in [-0.2, 0) is 21.4 Å². The van der Waals surface area contributed by atoms with Crippen molar-refractivity contribution in [3.05, 3.63) is 89.7 Å². The van der Waals surface area contributed by atoms with Gasteiger partial charge in [0.25, 0.3) is 0 Å². The van der Waals surface area contributed by atoms with Gasteiger partial charge in [-0.25, -0.2) is 12.8 Å². The fourth-order valence-corrected chi connectivity index (χ4v) is 5.96. The quantitative estimate of drug-likeness (QED) is 0.481. The van der Waals surface area contributed by atoms with E-state index in [0.717, 1.165) is 41.8 Å². The predicted molar refractivity (Wildman–Crippen MR) is 133 cm³/mol. The van der Waals surface area contributed by atoms with E-state index in [1.54, 1.807) is 0 Å². The Morgan fingerprint density at radius 1 is 1.09 bits per heavy atom. The summed E-state index contributed by atoms with van der Waals surface area (Å²) in [5.41, 5.74) is 3.53. The van der Waals surface area contributed by atoms with Gasteiger partial charge in [-0.15, -0.1) is 0 Å². The largest absolute Gasteiger partial charge is 0.480 e. The number of hydrogen-bond acceptors (Lipinski definition) is 4. The maximum atomic E-state index is 13.6. The Kier molecular flexibility index (Phi) is 7.64. The van der Waals surface area contributed by atoms with E-state index < -0.39 is 33.8 Å². The number of carboxylic acid groups (broad SMARTS) is 1. The first-order valence-electron chi connectivity index (χ1n) is 11.6. The number of nitrogens with one attached hydrogen (secondary N) is 1. The molecule has 2 N–H and O–H groups in total. The van der Waals surface area contributed by atoms with Crippen molar-refractivity contribution in [1.82, 2.24) is 9.62 Å². The van der Waals surface area contributed by atoms with Gasteiger partial charge in [-0.1, -0.05) is 48.5 Å². The summed E-state index contributed by atoms with van der Waals surface area (Å²) in [6.07, 6.45) is 1.37.